The Morgan fingerprint density at radius 1 is 1.22 bits per heavy atom. The summed E-state index contributed by atoms with van der Waals surface area (Å²) in [5.41, 5.74) is 1.98. The van der Waals surface area contributed by atoms with Crippen LogP contribution in [-0.2, 0) is 11.3 Å². The van der Waals surface area contributed by atoms with E-state index in [1.807, 2.05) is 44.2 Å². The maximum Gasteiger partial charge on any atom is 0.155 e. The summed E-state index contributed by atoms with van der Waals surface area (Å²) < 4.78 is 5.74. The molecule has 1 unspecified atom stereocenters. The number of hydrogen-bond acceptors (Lipinski definition) is 3. The van der Waals surface area contributed by atoms with Crippen molar-refractivity contribution in [1.29, 1.82) is 0 Å². The lowest BCUT2D eigenvalue weighted by Crippen LogP contribution is -2.04. The highest BCUT2D eigenvalue weighted by Crippen LogP contribution is 2.17. The van der Waals surface area contributed by atoms with Gasteiger partial charge in [-0.2, -0.15) is 0 Å². The normalized spacial score (nSPS) is 12.4. The van der Waals surface area contributed by atoms with Crippen LogP contribution in [-0.4, -0.2) is 9.97 Å². The molecular formula is C14H15ClN2O. The minimum Gasteiger partial charge on any atom is -0.366 e. The Morgan fingerprint density at radius 2 is 1.94 bits per heavy atom. The van der Waals surface area contributed by atoms with Crippen molar-refractivity contribution >= 4 is 11.6 Å². The Morgan fingerprint density at radius 3 is 2.61 bits per heavy atom. The maximum atomic E-state index is 5.88. The minimum absolute atomic E-state index is 0.00841. The lowest BCUT2D eigenvalue weighted by Gasteiger charge is -2.12. The average molecular weight is 263 g/mol. The zero-order valence-corrected chi connectivity index (χ0v) is 11.2. The molecular weight excluding hydrogens is 248 g/mol. The van der Waals surface area contributed by atoms with Crippen molar-refractivity contribution in [3.8, 4) is 0 Å². The van der Waals surface area contributed by atoms with Gasteiger partial charge in [0.1, 0.15) is 11.8 Å². The Hall–Kier alpha value is -1.45. The first kappa shape index (κ1) is 13.0. The van der Waals surface area contributed by atoms with Crippen molar-refractivity contribution in [2.75, 3.05) is 0 Å². The molecule has 0 saturated heterocycles. The number of aromatic nitrogens is 2. The summed E-state index contributed by atoms with van der Waals surface area (Å²) >= 11 is 5.88. The van der Waals surface area contributed by atoms with E-state index >= 15 is 0 Å². The standard InChI is InChI=1S/C14H15ClN2O/c1-10-8-13(15)17-14(16-10)9-18-11(2)12-6-4-3-5-7-12/h3-8,11H,9H2,1-2H3. The highest BCUT2D eigenvalue weighted by molar-refractivity contribution is 6.29. The lowest BCUT2D eigenvalue weighted by molar-refractivity contribution is 0.0482. The van der Waals surface area contributed by atoms with Gasteiger partial charge in [-0.1, -0.05) is 41.9 Å². The number of ether oxygens (including phenoxy) is 1. The van der Waals surface area contributed by atoms with Crippen LogP contribution in [0.5, 0.6) is 0 Å². The van der Waals surface area contributed by atoms with Crippen molar-refractivity contribution in [3.05, 3.63) is 58.6 Å². The number of nitrogens with zero attached hydrogens (tertiary/aromatic N) is 2. The summed E-state index contributed by atoms with van der Waals surface area (Å²) in [6.07, 6.45) is 0.00841. The molecule has 18 heavy (non-hydrogen) atoms. The van der Waals surface area contributed by atoms with Gasteiger partial charge in [0.05, 0.1) is 6.10 Å². The van der Waals surface area contributed by atoms with E-state index in [9.17, 15) is 0 Å². The first-order chi connectivity index (χ1) is 8.65. The highest BCUT2D eigenvalue weighted by atomic mass is 35.5. The van der Waals surface area contributed by atoms with E-state index < -0.39 is 0 Å². The minimum atomic E-state index is 0.00841. The van der Waals surface area contributed by atoms with Crippen LogP contribution in [0.15, 0.2) is 36.4 Å². The third-order valence-corrected chi connectivity index (χ3v) is 2.79. The number of benzene rings is 1. The molecule has 0 N–H and O–H groups in total. The van der Waals surface area contributed by atoms with E-state index in [1.165, 1.54) is 0 Å². The van der Waals surface area contributed by atoms with Gasteiger partial charge in [-0.05, 0) is 25.5 Å². The van der Waals surface area contributed by atoms with Crippen LogP contribution in [0.25, 0.3) is 0 Å². The zero-order chi connectivity index (χ0) is 13.0. The highest BCUT2D eigenvalue weighted by Gasteiger charge is 2.07. The number of aryl methyl sites for hydroxylation is 1. The largest absolute Gasteiger partial charge is 0.366 e. The predicted molar refractivity (Wildman–Crippen MR) is 71.4 cm³/mol. The molecule has 1 aromatic carbocycles. The topological polar surface area (TPSA) is 35.0 Å². The third-order valence-electron chi connectivity index (χ3n) is 2.60. The predicted octanol–water partition coefficient (Wildman–Crippen LogP) is 3.72. The van der Waals surface area contributed by atoms with Crippen molar-refractivity contribution in [1.82, 2.24) is 9.97 Å². The number of halogens is 1. The zero-order valence-electron chi connectivity index (χ0n) is 10.4. The molecule has 0 bridgehead atoms. The molecule has 4 heteroatoms. The first-order valence-corrected chi connectivity index (χ1v) is 6.19. The quantitative estimate of drug-likeness (QED) is 0.788. The second-order valence-electron chi connectivity index (χ2n) is 4.11. The second-order valence-corrected chi connectivity index (χ2v) is 4.50. The summed E-state index contributed by atoms with van der Waals surface area (Å²) in [6.45, 7) is 4.25. The van der Waals surface area contributed by atoms with Crippen LogP contribution in [0.2, 0.25) is 5.15 Å². The fourth-order valence-corrected chi connectivity index (χ4v) is 1.93. The summed E-state index contributed by atoms with van der Waals surface area (Å²) in [4.78, 5) is 8.41. The van der Waals surface area contributed by atoms with E-state index in [4.69, 9.17) is 16.3 Å². The van der Waals surface area contributed by atoms with E-state index in [0.717, 1.165) is 11.3 Å². The van der Waals surface area contributed by atoms with Crippen molar-refractivity contribution in [3.63, 3.8) is 0 Å². The summed E-state index contributed by atoms with van der Waals surface area (Å²) in [5.74, 6) is 0.614. The average Bonchev–Trinajstić information content (AvgIpc) is 2.36. The number of rotatable bonds is 4. The van der Waals surface area contributed by atoms with Crippen LogP contribution in [0.3, 0.4) is 0 Å². The van der Waals surface area contributed by atoms with Crippen molar-refractivity contribution < 1.29 is 4.74 Å². The van der Waals surface area contributed by atoms with Crippen LogP contribution in [0, 0.1) is 6.92 Å². The van der Waals surface area contributed by atoms with Gasteiger partial charge < -0.3 is 4.74 Å². The van der Waals surface area contributed by atoms with Crippen LogP contribution >= 0.6 is 11.6 Å². The molecule has 94 valence electrons. The van der Waals surface area contributed by atoms with E-state index in [0.29, 0.717) is 17.6 Å². The van der Waals surface area contributed by atoms with Gasteiger partial charge in [0, 0.05) is 5.69 Å². The van der Waals surface area contributed by atoms with E-state index in [2.05, 4.69) is 9.97 Å². The molecule has 0 spiro atoms. The van der Waals surface area contributed by atoms with Gasteiger partial charge in [-0.15, -0.1) is 0 Å². The van der Waals surface area contributed by atoms with Gasteiger partial charge in [-0.3, -0.25) is 0 Å². The molecule has 0 amide bonds. The van der Waals surface area contributed by atoms with E-state index in [-0.39, 0.29) is 6.10 Å². The molecule has 1 aromatic heterocycles. The van der Waals surface area contributed by atoms with E-state index in [1.54, 1.807) is 6.07 Å². The Labute approximate surface area is 112 Å². The van der Waals surface area contributed by atoms with Gasteiger partial charge >= 0.3 is 0 Å². The second kappa shape index (κ2) is 5.94. The molecule has 1 atom stereocenters. The molecule has 0 aliphatic heterocycles. The van der Waals surface area contributed by atoms with Crippen molar-refractivity contribution in [2.24, 2.45) is 0 Å². The monoisotopic (exact) mass is 262 g/mol. The summed E-state index contributed by atoms with van der Waals surface area (Å²) in [6, 6.07) is 11.8. The van der Waals surface area contributed by atoms with Crippen LogP contribution in [0.4, 0.5) is 0 Å². The Kier molecular flexibility index (Phi) is 4.28. The molecule has 0 radical (unpaired) electrons. The lowest BCUT2D eigenvalue weighted by atomic mass is 10.1. The fraction of sp³-hybridized carbons (Fsp3) is 0.286. The molecule has 2 aromatic rings. The smallest absolute Gasteiger partial charge is 0.155 e. The summed E-state index contributed by atoms with van der Waals surface area (Å²) in [5, 5.41) is 0.452. The Bertz CT molecular complexity index is 496. The molecule has 0 fully saturated rings. The van der Waals surface area contributed by atoms with Gasteiger partial charge in [0.15, 0.2) is 5.82 Å². The van der Waals surface area contributed by atoms with Crippen LogP contribution in [0.1, 0.15) is 30.1 Å². The summed E-state index contributed by atoms with van der Waals surface area (Å²) in [7, 11) is 0. The molecule has 2 rings (SSSR count). The van der Waals surface area contributed by atoms with Crippen LogP contribution < -0.4 is 0 Å². The molecule has 0 aliphatic carbocycles. The molecule has 3 nitrogen and oxygen atoms in total. The number of hydrogen-bond donors (Lipinski definition) is 0. The van der Waals surface area contributed by atoms with Gasteiger partial charge in [-0.25, -0.2) is 9.97 Å². The molecule has 0 saturated carbocycles. The first-order valence-electron chi connectivity index (χ1n) is 5.82. The van der Waals surface area contributed by atoms with Crippen molar-refractivity contribution in [2.45, 2.75) is 26.6 Å². The van der Waals surface area contributed by atoms with Gasteiger partial charge in [0.25, 0.3) is 0 Å². The maximum absolute atomic E-state index is 5.88. The molecule has 1 heterocycles. The fourth-order valence-electron chi connectivity index (χ4n) is 1.67. The third kappa shape index (κ3) is 3.52. The van der Waals surface area contributed by atoms with Gasteiger partial charge in [0.2, 0.25) is 0 Å². The molecule has 0 aliphatic rings. The Balaban J connectivity index is 1.99. The SMILES string of the molecule is Cc1cc(Cl)nc(COC(C)c2ccccc2)n1.